The Labute approximate surface area is 205 Å². The van der Waals surface area contributed by atoms with Gasteiger partial charge >= 0.3 is 11.9 Å². The molecule has 0 aromatic heterocycles. The second-order valence-corrected chi connectivity index (χ2v) is 10.9. The second-order valence-electron chi connectivity index (χ2n) is 10.5. The molecule has 178 valence electrons. The smallest absolute Gasteiger partial charge is 0.321 e. The largest absolute Gasteiger partial charge is 0.393 e. The number of esters is 2. The number of benzene rings is 2. The van der Waals surface area contributed by atoms with Gasteiger partial charge in [0.2, 0.25) is 5.91 Å². The molecule has 4 fully saturated rings. The average molecular weight is 480 g/mol. The highest BCUT2D eigenvalue weighted by atomic mass is 35.5. The summed E-state index contributed by atoms with van der Waals surface area (Å²) < 4.78 is 5.31. The summed E-state index contributed by atoms with van der Waals surface area (Å²) in [7, 11) is 0. The standard InChI is InChI=1S/C28H30ClNO4/c1-16(31)30-24-6-4-3-5-23(24)26(27(33)34-17(2)32)28-14-18-11-19(15-28)13-21(12-18)25(28)20-7-9-22(29)10-8-20/h3-10,18-19,21,25-26H,11-15H2,1-2H3,(H,30,31). The highest BCUT2D eigenvalue weighted by molar-refractivity contribution is 6.30. The molecule has 1 N–H and O–H groups in total. The van der Waals surface area contributed by atoms with Crippen LogP contribution < -0.4 is 5.32 Å². The van der Waals surface area contributed by atoms with Crippen molar-refractivity contribution in [3.63, 3.8) is 0 Å². The van der Waals surface area contributed by atoms with Gasteiger partial charge in [0.15, 0.2) is 0 Å². The monoisotopic (exact) mass is 479 g/mol. The van der Waals surface area contributed by atoms with Crippen LogP contribution in [-0.2, 0) is 19.1 Å². The van der Waals surface area contributed by atoms with Crippen LogP contribution in [0.1, 0.15) is 68.9 Å². The summed E-state index contributed by atoms with van der Waals surface area (Å²) >= 11 is 6.22. The van der Waals surface area contributed by atoms with Gasteiger partial charge in [-0.2, -0.15) is 0 Å². The highest BCUT2D eigenvalue weighted by Gasteiger charge is 2.62. The molecule has 0 spiro atoms. The van der Waals surface area contributed by atoms with E-state index in [0.717, 1.165) is 31.2 Å². The third kappa shape index (κ3) is 4.04. The molecule has 4 aliphatic rings. The van der Waals surface area contributed by atoms with Crippen LogP contribution in [0.25, 0.3) is 0 Å². The maximum Gasteiger partial charge on any atom is 0.321 e. The number of halogens is 1. The number of carbonyl (C=O) groups excluding carboxylic acids is 3. The van der Waals surface area contributed by atoms with Gasteiger partial charge in [0.05, 0.1) is 5.92 Å². The Morgan fingerprint density at radius 2 is 1.62 bits per heavy atom. The maximum atomic E-state index is 13.8. The van der Waals surface area contributed by atoms with Gasteiger partial charge in [-0.1, -0.05) is 41.9 Å². The number of ether oxygens (including phenoxy) is 1. The van der Waals surface area contributed by atoms with Gasteiger partial charge in [-0.05, 0) is 90.5 Å². The minimum absolute atomic E-state index is 0.146. The molecule has 1 amide bonds. The predicted molar refractivity (Wildman–Crippen MR) is 130 cm³/mol. The molecule has 4 unspecified atom stereocenters. The molecular formula is C28H30ClNO4. The summed E-state index contributed by atoms with van der Waals surface area (Å²) in [6.07, 6.45) is 5.33. The SMILES string of the molecule is CC(=O)Nc1ccccc1C(C(=O)OC(C)=O)C12CC3CC(CC(C3)C1c1ccc(Cl)cc1)C2. The molecule has 4 bridgehead atoms. The Morgan fingerprint density at radius 1 is 0.971 bits per heavy atom. The van der Waals surface area contributed by atoms with Gasteiger partial charge in [0, 0.05) is 24.6 Å². The van der Waals surface area contributed by atoms with E-state index in [1.165, 1.54) is 25.8 Å². The Hall–Kier alpha value is -2.66. The zero-order valence-corrected chi connectivity index (χ0v) is 20.3. The first-order chi connectivity index (χ1) is 16.3. The minimum Gasteiger partial charge on any atom is -0.393 e. The first-order valence-corrected chi connectivity index (χ1v) is 12.5. The third-order valence-corrected chi connectivity index (χ3v) is 8.49. The number of carbonyl (C=O) groups is 3. The Kier molecular flexibility index (Phi) is 6.01. The van der Waals surface area contributed by atoms with E-state index in [0.29, 0.717) is 28.5 Å². The molecule has 0 heterocycles. The van der Waals surface area contributed by atoms with Crippen molar-refractivity contribution in [3.05, 3.63) is 64.7 Å². The zero-order valence-electron chi connectivity index (χ0n) is 19.6. The second kappa shape index (κ2) is 8.84. The van der Waals surface area contributed by atoms with Crippen LogP contribution in [0.15, 0.2) is 48.5 Å². The quantitative estimate of drug-likeness (QED) is 0.416. The molecule has 4 atom stereocenters. The highest BCUT2D eigenvalue weighted by Crippen LogP contribution is 2.70. The van der Waals surface area contributed by atoms with E-state index in [1.807, 2.05) is 36.4 Å². The number of para-hydroxylation sites is 1. The molecule has 2 aromatic rings. The van der Waals surface area contributed by atoms with Crippen LogP contribution in [0.4, 0.5) is 5.69 Å². The molecule has 4 aliphatic carbocycles. The lowest BCUT2D eigenvalue weighted by molar-refractivity contribution is -0.167. The molecule has 2 aromatic carbocycles. The van der Waals surface area contributed by atoms with Gasteiger partial charge in [0.25, 0.3) is 0 Å². The van der Waals surface area contributed by atoms with E-state index in [-0.39, 0.29) is 11.8 Å². The van der Waals surface area contributed by atoms with Crippen molar-refractivity contribution in [3.8, 4) is 0 Å². The van der Waals surface area contributed by atoms with E-state index in [2.05, 4.69) is 17.4 Å². The molecule has 4 saturated carbocycles. The molecule has 5 nitrogen and oxygen atoms in total. The molecule has 6 heteroatoms. The van der Waals surface area contributed by atoms with E-state index in [9.17, 15) is 14.4 Å². The fraction of sp³-hybridized carbons (Fsp3) is 0.464. The van der Waals surface area contributed by atoms with E-state index < -0.39 is 23.3 Å². The molecule has 0 radical (unpaired) electrons. The van der Waals surface area contributed by atoms with Crippen LogP contribution in [0.5, 0.6) is 0 Å². The first kappa shape index (κ1) is 23.1. The van der Waals surface area contributed by atoms with E-state index >= 15 is 0 Å². The van der Waals surface area contributed by atoms with Gasteiger partial charge in [-0.15, -0.1) is 0 Å². The average Bonchev–Trinajstić information content (AvgIpc) is 2.74. The lowest BCUT2D eigenvalue weighted by Crippen LogP contribution is -2.55. The fourth-order valence-electron chi connectivity index (χ4n) is 7.72. The molecule has 0 saturated heterocycles. The van der Waals surface area contributed by atoms with Crippen LogP contribution in [0, 0.1) is 23.2 Å². The lowest BCUT2D eigenvalue weighted by atomic mass is 9.40. The van der Waals surface area contributed by atoms with Gasteiger partial charge in [-0.3, -0.25) is 14.4 Å². The summed E-state index contributed by atoms with van der Waals surface area (Å²) in [4.78, 5) is 37.7. The lowest BCUT2D eigenvalue weighted by Gasteiger charge is -2.63. The van der Waals surface area contributed by atoms with Crippen LogP contribution in [0.3, 0.4) is 0 Å². The molecule has 34 heavy (non-hydrogen) atoms. The van der Waals surface area contributed by atoms with Crippen LogP contribution in [0.2, 0.25) is 5.02 Å². The van der Waals surface area contributed by atoms with Crippen molar-refractivity contribution in [1.82, 2.24) is 0 Å². The zero-order chi connectivity index (χ0) is 24.0. The molecule has 0 aliphatic heterocycles. The van der Waals surface area contributed by atoms with Crippen molar-refractivity contribution in [1.29, 1.82) is 0 Å². The Balaban J connectivity index is 1.70. The summed E-state index contributed by atoms with van der Waals surface area (Å²) in [6, 6.07) is 15.5. The van der Waals surface area contributed by atoms with Gasteiger partial charge in [0.1, 0.15) is 0 Å². The number of amides is 1. The number of hydrogen-bond donors (Lipinski definition) is 1. The predicted octanol–water partition coefficient (Wildman–Crippen LogP) is 6.08. The first-order valence-electron chi connectivity index (χ1n) is 12.1. The summed E-state index contributed by atoms with van der Waals surface area (Å²) in [5.74, 6) is -0.269. The van der Waals surface area contributed by atoms with Crippen LogP contribution in [-0.4, -0.2) is 17.8 Å². The van der Waals surface area contributed by atoms with Gasteiger partial charge < -0.3 is 10.1 Å². The van der Waals surface area contributed by atoms with Crippen molar-refractivity contribution in [2.75, 3.05) is 5.32 Å². The summed E-state index contributed by atoms with van der Waals surface area (Å²) in [6.45, 7) is 2.73. The van der Waals surface area contributed by atoms with Crippen molar-refractivity contribution in [2.45, 2.75) is 57.8 Å². The number of hydrogen-bond acceptors (Lipinski definition) is 4. The van der Waals surface area contributed by atoms with Gasteiger partial charge in [-0.25, -0.2) is 0 Å². The molecular weight excluding hydrogens is 450 g/mol. The maximum absolute atomic E-state index is 13.8. The minimum atomic E-state index is -0.659. The fourth-order valence-corrected chi connectivity index (χ4v) is 7.84. The van der Waals surface area contributed by atoms with Crippen molar-refractivity contribution >= 4 is 35.1 Å². The summed E-state index contributed by atoms with van der Waals surface area (Å²) in [5.41, 5.74) is 2.12. The number of nitrogens with one attached hydrogen (secondary N) is 1. The molecule has 6 rings (SSSR count). The summed E-state index contributed by atoms with van der Waals surface area (Å²) in [5, 5.41) is 3.59. The number of rotatable bonds is 5. The van der Waals surface area contributed by atoms with E-state index in [4.69, 9.17) is 16.3 Å². The Bertz CT molecular complexity index is 1110. The van der Waals surface area contributed by atoms with Crippen molar-refractivity contribution in [2.24, 2.45) is 23.2 Å². The number of anilines is 1. The third-order valence-electron chi connectivity index (χ3n) is 8.23. The normalized spacial score (nSPS) is 30.0. The van der Waals surface area contributed by atoms with Crippen LogP contribution >= 0.6 is 11.6 Å². The Morgan fingerprint density at radius 3 is 2.24 bits per heavy atom. The van der Waals surface area contributed by atoms with Crippen molar-refractivity contribution < 1.29 is 19.1 Å². The van der Waals surface area contributed by atoms with E-state index in [1.54, 1.807) is 0 Å². The topological polar surface area (TPSA) is 72.5 Å².